The number of thioether (sulfide) groups is 1. The fraction of sp³-hybridized carbons (Fsp3) is 0.440. The zero-order chi connectivity index (χ0) is 21.9. The SMILES string of the molecule is CCCCNC(=O)[C@H](C)N(Cc1ccc(C)cc1)C(=O)CSCc1cccc(C)c1. The number of unbranched alkanes of at least 4 members (excludes halogenated alkanes) is 1. The van der Waals surface area contributed by atoms with Crippen LogP contribution in [-0.2, 0) is 21.9 Å². The third kappa shape index (κ3) is 7.86. The van der Waals surface area contributed by atoms with Crippen LogP contribution < -0.4 is 5.32 Å². The monoisotopic (exact) mass is 426 g/mol. The Morgan fingerprint density at radius 1 is 1.03 bits per heavy atom. The van der Waals surface area contributed by atoms with Crippen molar-refractivity contribution in [2.24, 2.45) is 0 Å². The largest absolute Gasteiger partial charge is 0.354 e. The van der Waals surface area contributed by atoms with Gasteiger partial charge in [-0.1, -0.05) is 73.0 Å². The van der Waals surface area contributed by atoms with Gasteiger partial charge < -0.3 is 10.2 Å². The first-order chi connectivity index (χ1) is 14.4. The van der Waals surface area contributed by atoms with Gasteiger partial charge >= 0.3 is 0 Å². The average molecular weight is 427 g/mol. The highest BCUT2D eigenvalue weighted by atomic mass is 32.2. The Morgan fingerprint density at radius 2 is 1.77 bits per heavy atom. The van der Waals surface area contributed by atoms with Gasteiger partial charge in [-0.2, -0.15) is 0 Å². The standard InChI is InChI=1S/C25H34N2O2S/c1-5-6-14-26-25(29)21(4)27(16-22-12-10-19(2)11-13-22)24(28)18-30-17-23-9-7-8-20(3)15-23/h7-13,15,21H,5-6,14,16-18H2,1-4H3,(H,26,29)/t21-/m0/s1. The number of nitrogens with one attached hydrogen (secondary N) is 1. The number of nitrogens with zero attached hydrogens (tertiary/aromatic N) is 1. The maximum absolute atomic E-state index is 13.1. The quantitative estimate of drug-likeness (QED) is 0.522. The van der Waals surface area contributed by atoms with Crippen molar-refractivity contribution in [2.45, 2.75) is 58.9 Å². The van der Waals surface area contributed by atoms with Crippen molar-refractivity contribution in [3.63, 3.8) is 0 Å². The number of aryl methyl sites for hydroxylation is 2. The number of hydrogen-bond donors (Lipinski definition) is 1. The van der Waals surface area contributed by atoms with Crippen LogP contribution in [0, 0.1) is 13.8 Å². The van der Waals surface area contributed by atoms with Crippen LogP contribution in [0.4, 0.5) is 0 Å². The highest BCUT2D eigenvalue weighted by molar-refractivity contribution is 7.99. The summed E-state index contributed by atoms with van der Waals surface area (Å²) in [6.07, 6.45) is 1.97. The van der Waals surface area contributed by atoms with Crippen molar-refractivity contribution in [2.75, 3.05) is 12.3 Å². The van der Waals surface area contributed by atoms with E-state index in [9.17, 15) is 9.59 Å². The van der Waals surface area contributed by atoms with Crippen LogP contribution in [0.5, 0.6) is 0 Å². The fourth-order valence-electron chi connectivity index (χ4n) is 3.15. The minimum Gasteiger partial charge on any atom is -0.354 e. The molecule has 2 aromatic rings. The molecule has 0 saturated carbocycles. The lowest BCUT2D eigenvalue weighted by Crippen LogP contribution is -2.48. The minimum atomic E-state index is -0.504. The predicted octanol–water partition coefficient (Wildman–Crippen LogP) is 4.87. The molecular formula is C25H34N2O2S. The molecule has 0 saturated heterocycles. The van der Waals surface area contributed by atoms with Crippen molar-refractivity contribution in [3.05, 3.63) is 70.8 Å². The molecule has 30 heavy (non-hydrogen) atoms. The maximum atomic E-state index is 13.1. The maximum Gasteiger partial charge on any atom is 0.242 e. The molecule has 0 spiro atoms. The summed E-state index contributed by atoms with van der Waals surface area (Å²) in [7, 11) is 0. The first kappa shape index (κ1) is 24.0. The first-order valence-corrected chi connectivity index (χ1v) is 11.8. The molecule has 0 aromatic heterocycles. The van der Waals surface area contributed by atoms with Crippen molar-refractivity contribution in [3.8, 4) is 0 Å². The van der Waals surface area contributed by atoms with Gasteiger partial charge in [0.15, 0.2) is 0 Å². The van der Waals surface area contributed by atoms with Crippen molar-refractivity contribution >= 4 is 23.6 Å². The van der Waals surface area contributed by atoms with Gasteiger partial charge in [-0.05, 0) is 38.3 Å². The van der Waals surface area contributed by atoms with E-state index in [2.05, 4.69) is 37.4 Å². The molecule has 0 bridgehead atoms. The second kappa shape index (κ2) is 12.4. The lowest BCUT2D eigenvalue weighted by molar-refractivity contribution is -0.138. The lowest BCUT2D eigenvalue weighted by atomic mass is 10.1. The molecule has 0 unspecified atom stereocenters. The highest BCUT2D eigenvalue weighted by Gasteiger charge is 2.25. The molecule has 0 aliphatic rings. The second-order valence-corrected chi connectivity index (χ2v) is 8.80. The Morgan fingerprint density at radius 3 is 2.43 bits per heavy atom. The fourth-order valence-corrected chi connectivity index (χ4v) is 4.01. The number of rotatable bonds is 11. The lowest BCUT2D eigenvalue weighted by Gasteiger charge is -2.29. The van der Waals surface area contributed by atoms with E-state index >= 15 is 0 Å². The molecule has 5 heteroatoms. The number of benzene rings is 2. The van der Waals surface area contributed by atoms with Gasteiger partial charge in [0, 0.05) is 18.8 Å². The third-order valence-corrected chi connectivity index (χ3v) is 6.04. The molecule has 2 aromatic carbocycles. The smallest absolute Gasteiger partial charge is 0.242 e. The van der Waals surface area contributed by atoms with Gasteiger partial charge in [0.2, 0.25) is 11.8 Å². The van der Waals surface area contributed by atoms with Crippen LogP contribution in [0.15, 0.2) is 48.5 Å². The molecule has 0 aliphatic heterocycles. The van der Waals surface area contributed by atoms with Crippen LogP contribution in [0.1, 0.15) is 48.9 Å². The Kier molecular flexibility index (Phi) is 9.95. The third-order valence-electron chi connectivity index (χ3n) is 5.05. The van der Waals surface area contributed by atoms with E-state index in [1.807, 2.05) is 44.2 Å². The number of hydrogen-bond acceptors (Lipinski definition) is 3. The first-order valence-electron chi connectivity index (χ1n) is 10.7. The van der Waals surface area contributed by atoms with Crippen LogP contribution >= 0.6 is 11.8 Å². The highest BCUT2D eigenvalue weighted by Crippen LogP contribution is 2.17. The van der Waals surface area contributed by atoms with Crippen LogP contribution in [-0.4, -0.2) is 35.1 Å². The number of amides is 2. The Hall–Kier alpha value is -2.27. The second-order valence-electron chi connectivity index (χ2n) is 7.81. The molecular weight excluding hydrogens is 392 g/mol. The van der Waals surface area contributed by atoms with E-state index in [1.165, 1.54) is 16.7 Å². The topological polar surface area (TPSA) is 49.4 Å². The van der Waals surface area contributed by atoms with Crippen molar-refractivity contribution < 1.29 is 9.59 Å². The molecule has 2 amide bonds. The normalized spacial score (nSPS) is 11.7. The van der Waals surface area contributed by atoms with E-state index in [4.69, 9.17) is 0 Å². The van der Waals surface area contributed by atoms with Crippen LogP contribution in [0.25, 0.3) is 0 Å². The van der Waals surface area contributed by atoms with Gasteiger partial charge in [-0.25, -0.2) is 0 Å². The van der Waals surface area contributed by atoms with E-state index in [0.29, 0.717) is 18.8 Å². The molecule has 0 fully saturated rings. The molecule has 1 atom stereocenters. The summed E-state index contributed by atoms with van der Waals surface area (Å²) in [6.45, 7) is 9.10. The average Bonchev–Trinajstić information content (AvgIpc) is 2.73. The van der Waals surface area contributed by atoms with E-state index in [0.717, 1.165) is 24.2 Å². The van der Waals surface area contributed by atoms with Crippen LogP contribution in [0.3, 0.4) is 0 Å². The zero-order valence-corrected chi connectivity index (χ0v) is 19.4. The van der Waals surface area contributed by atoms with Gasteiger partial charge in [-0.3, -0.25) is 9.59 Å². The van der Waals surface area contributed by atoms with Gasteiger partial charge in [0.25, 0.3) is 0 Å². The van der Waals surface area contributed by atoms with Gasteiger partial charge in [0.1, 0.15) is 6.04 Å². The molecule has 0 radical (unpaired) electrons. The van der Waals surface area contributed by atoms with Crippen molar-refractivity contribution in [1.82, 2.24) is 10.2 Å². The molecule has 0 heterocycles. The molecule has 1 N–H and O–H groups in total. The van der Waals surface area contributed by atoms with E-state index < -0.39 is 6.04 Å². The Labute approximate surface area is 185 Å². The zero-order valence-electron chi connectivity index (χ0n) is 18.6. The Balaban J connectivity index is 2.03. The number of carbonyl (C=O) groups excluding carboxylic acids is 2. The van der Waals surface area contributed by atoms with Gasteiger partial charge in [-0.15, -0.1) is 11.8 Å². The Bertz CT molecular complexity index is 820. The molecule has 0 aliphatic carbocycles. The van der Waals surface area contributed by atoms with Crippen LogP contribution in [0.2, 0.25) is 0 Å². The number of carbonyl (C=O) groups is 2. The minimum absolute atomic E-state index is 0.00799. The van der Waals surface area contributed by atoms with E-state index in [1.54, 1.807) is 16.7 Å². The van der Waals surface area contributed by atoms with Crippen molar-refractivity contribution in [1.29, 1.82) is 0 Å². The molecule has 162 valence electrons. The summed E-state index contributed by atoms with van der Waals surface area (Å²) < 4.78 is 0. The summed E-state index contributed by atoms with van der Waals surface area (Å²) in [6, 6.07) is 16.0. The summed E-state index contributed by atoms with van der Waals surface area (Å²) in [5.74, 6) is 1.04. The summed E-state index contributed by atoms with van der Waals surface area (Å²) in [5.41, 5.74) is 4.64. The summed E-state index contributed by atoms with van der Waals surface area (Å²) in [5, 5.41) is 2.96. The molecule has 2 rings (SSSR count). The van der Waals surface area contributed by atoms with Gasteiger partial charge in [0.05, 0.1) is 5.75 Å². The summed E-state index contributed by atoms with van der Waals surface area (Å²) in [4.78, 5) is 27.4. The van der Waals surface area contributed by atoms with E-state index in [-0.39, 0.29) is 11.8 Å². The molecule has 4 nitrogen and oxygen atoms in total. The predicted molar refractivity (Wildman–Crippen MR) is 126 cm³/mol. The summed E-state index contributed by atoms with van der Waals surface area (Å²) >= 11 is 1.59.